The molecule has 192 valence electrons. The number of aliphatic hydroxyl groups is 1. The lowest BCUT2D eigenvalue weighted by Crippen LogP contribution is -2.50. The van der Waals surface area contributed by atoms with Crippen molar-refractivity contribution in [3.63, 3.8) is 0 Å². The van der Waals surface area contributed by atoms with Gasteiger partial charge >= 0.3 is 12.1 Å². The zero-order valence-electron chi connectivity index (χ0n) is 20.1. The molecule has 0 fully saturated rings. The Morgan fingerprint density at radius 3 is 2.17 bits per heavy atom. The lowest BCUT2D eigenvalue weighted by molar-refractivity contribution is -0.142. The number of alkyl halides is 3. The van der Waals surface area contributed by atoms with Crippen molar-refractivity contribution < 1.29 is 37.7 Å². The van der Waals surface area contributed by atoms with Crippen LogP contribution in [0.5, 0.6) is 5.75 Å². The van der Waals surface area contributed by atoms with E-state index in [1.165, 1.54) is 18.2 Å². The molecule has 0 spiro atoms. The first-order chi connectivity index (χ1) is 16.9. The van der Waals surface area contributed by atoms with Crippen LogP contribution >= 0.6 is 0 Å². The van der Waals surface area contributed by atoms with Crippen molar-refractivity contribution in [1.82, 2.24) is 5.32 Å². The van der Waals surface area contributed by atoms with Crippen LogP contribution in [0, 0.1) is 5.41 Å². The highest BCUT2D eigenvalue weighted by Crippen LogP contribution is 2.34. The van der Waals surface area contributed by atoms with Crippen LogP contribution in [0.3, 0.4) is 0 Å². The molecule has 3 aromatic carbocycles. The van der Waals surface area contributed by atoms with Gasteiger partial charge in [-0.2, -0.15) is 13.2 Å². The van der Waals surface area contributed by atoms with E-state index in [1.807, 2.05) is 6.92 Å². The number of nitrogens with one attached hydrogen (secondary N) is 1. The molecule has 1 atom stereocenters. The zero-order valence-corrected chi connectivity index (χ0v) is 20.1. The molecule has 0 saturated heterocycles. The fourth-order valence-electron chi connectivity index (χ4n) is 3.72. The fraction of sp³-hybridized carbons (Fsp3) is 0.333. The predicted molar refractivity (Wildman–Crippen MR) is 129 cm³/mol. The quantitative estimate of drug-likeness (QED) is 0.356. The van der Waals surface area contributed by atoms with Gasteiger partial charge in [0.1, 0.15) is 18.4 Å². The summed E-state index contributed by atoms with van der Waals surface area (Å²) < 4.78 is 44.6. The molecule has 0 aliphatic rings. The molecule has 0 aliphatic carbocycles. The summed E-state index contributed by atoms with van der Waals surface area (Å²) in [7, 11) is 0. The first kappa shape index (κ1) is 27.0. The summed E-state index contributed by atoms with van der Waals surface area (Å²) in [6, 6.07) is 11.6. The molecule has 0 aliphatic heterocycles. The summed E-state index contributed by atoms with van der Waals surface area (Å²) in [6.45, 7) is 4.91. The number of hydrogen-bond donors (Lipinski definition) is 3. The van der Waals surface area contributed by atoms with Crippen molar-refractivity contribution >= 4 is 22.6 Å². The maximum atomic E-state index is 13.3. The van der Waals surface area contributed by atoms with Gasteiger partial charge in [0.15, 0.2) is 0 Å². The second-order valence-electron chi connectivity index (χ2n) is 9.23. The minimum Gasteiger partial charge on any atom is -0.487 e. The average molecular weight is 504 g/mol. The second-order valence-corrected chi connectivity index (χ2v) is 9.23. The predicted octanol–water partition coefficient (Wildman–Crippen LogP) is 5.55. The van der Waals surface area contributed by atoms with Crippen LogP contribution in [-0.4, -0.2) is 28.1 Å². The van der Waals surface area contributed by atoms with Gasteiger partial charge in [-0.15, -0.1) is 0 Å². The van der Waals surface area contributed by atoms with Crippen LogP contribution in [0.2, 0.25) is 0 Å². The Balaban J connectivity index is 2.01. The van der Waals surface area contributed by atoms with Crippen molar-refractivity contribution in [3.05, 3.63) is 76.9 Å². The van der Waals surface area contributed by atoms with Gasteiger partial charge in [0, 0.05) is 5.39 Å². The molecule has 0 aromatic heterocycles. The van der Waals surface area contributed by atoms with Crippen LogP contribution in [0.1, 0.15) is 54.2 Å². The lowest BCUT2D eigenvalue weighted by Gasteiger charge is -2.31. The van der Waals surface area contributed by atoms with Gasteiger partial charge in [-0.1, -0.05) is 51.1 Å². The molecule has 3 rings (SSSR count). The Morgan fingerprint density at radius 2 is 1.61 bits per heavy atom. The number of rotatable bonds is 9. The first-order valence-electron chi connectivity index (χ1n) is 11.4. The summed E-state index contributed by atoms with van der Waals surface area (Å²) in [5.41, 5.74) is -0.441. The van der Waals surface area contributed by atoms with Crippen LogP contribution in [0.15, 0.2) is 54.6 Å². The number of ether oxygens (including phenoxy) is 1. The topological polar surface area (TPSA) is 95.9 Å². The van der Waals surface area contributed by atoms with Crippen molar-refractivity contribution in [2.75, 3.05) is 0 Å². The molecule has 3 N–H and O–H groups in total. The third kappa shape index (κ3) is 5.96. The molecular weight excluding hydrogens is 475 g/mol. The number of carboxylic acids is 1. The van der Waals surface area contributed by atoms with E-state index in [4.69, 9.17) is 4.74 Å². The largest absolute Gasteiger partial charge is 0.487 e. The standard InChI is InChI=1S/C27H28F3NO5/c1-4-26(2,3)23(25(34)35)31-24(33)20-12-9-18-8-5-17(14-32)13-21(18)22(20)36-15-16-6-10-19(11-7-16)27(28,29)30/h5-13,23,32H,4,14-15H2,1-3H3,(H,31,33)(H,34,35)/t23-/m1/s1. The maximum Gasteiger partial charge on any atom is 0.416 e. The number of carbonyl (C=O) groups is 2. The van der Waals surface area contributed by atoms with E-state index in [0.717, 1.165) is 12.1 Å². The van der Waals surface area contributed by atoms with Crippen molar-refractivity contribution in [3.8, 4) is 5.75 Å². The number of hydrogen-bond acceptors (Lipinski definition) is 4. The summed E-state index contributed by atoms with van der Waals surface area (Å²) >= 11 is 0. The SMILES string of the molecule is CCC(C)(C)[C@H](NC(=O)c1ccc2ccc(CO)cc2c1OCc1ccc(C(F)(F)F)cc1)C(=O)O. The van der Waals surface area contributed by atoms with Crippen LogP contribution in [0.25, 0.3) is 10.8 Å². The van der Waals surface area contributed by atoms with Gasteiger partial charge in [-0.25, -0.2) is 4.79 Å². The van der Waals surface area contributed by atoms with E-state index in [1.54, 1.807) is 38.1 Å². The van der Waals surface area contributed by atoms with Gasteiger partial charge in [-0.3, -0.25) is 4.79 Å². The minimum absolute atomic E-state index is 0.0719. The van der Waals surface area contributed by atoms with Gasteiger partial charge in [0.25, 0.3) is 5.91 Å². The van der Waals surface area contributed by atoms with Crippen LogP contribution < -0.4 is 10.1 Å². The molecule has 3 aromatic rings. The molecular formula is C27H28F3NO5. The molecule has 9 heteroatoms. The Kier molecular flexibility index (Phi) is 7.93. The second kappa shape index (κ2) is 10.6. The molecule has 0 radical (unpaired) electrons. The monoisotopic (exact) mass is 503 g/mol. The Hall–Kier alpha value is -3.59. The number of aliphatic hydroxyl groups excluding tert-OH is 1. The smallest absolute Gasteiger partial charge is 0.416 e. The van der Waals surface area contributed by atoms with Crippen LogP contribution in [0.4, 0.5) is 13.2 Å². The number of benzene rings is 3. The summed E-state index contributed by atoms with van der Waals surface area (Å²) in [5, 5.41) is 23.1. The van der Waals surface area contributed by atoms with Crippen molar-refractivity contribution in [1.29, 1.82) is 0 Å². The summed E-state index contributed by atoms with van der Waals surface area (Å²) in [6.07, 6.45) is -3.97. The number of carbonyl (C=O) groups excluding carboxylic acids is 1. The number of halogens is 3. The molecule has 0 heterocycles. The van der Waals surface area contributed by atoms with Gasteiger partial charge in [0.05, 0.1) is 17.7 Å². The molecule has 6 nitrogen and oxygen atoms in total. The third-order valence-corrected chi connectivity index (χ3v) is 6.34. The first-order valence-corrected chi connectivity index (χ1v) is 11.4. The molecule has 0 unspecified atom stereocenters. The highest BCUT2D eigenvalue weighted by atomic mass is 19.4. The summed E-state index contributed by atoms with van der Waals surface area (Å²) in [4.78, 5) is 25.2. The lowest BCUT2D eigenvalue weighted by atomic mass is 9.81. The van der Waals surface area contributed by atoms with E-state index >= 15 is 0 Å². The maximum absolute atomic E-state index is 13.3. The van der Waals surface area contributed by atoms with Gasteiger partial charge in [-0.05, 0) is 52.6 Å². The number of fused-ring (bicyclic) bond motifs is 1. The number of carboxylic acid groups (broad SMARTS) is 1. The van der Waals surface area contributed by atoms with Crippen LogP contribution in [-0.2, 0) is 24.2 Å². The molecule has 0 saturated carbocycles. The van der Waals surface area contributed by atoms with Gasteiger partial charge in [0.2, 0.25) is 0 Å². The van der Waals surface area contributed by atoms with Crippen molar-refractivity contribution in [2.24, 2.45) is 5.41 Å². The number of aliphatic carboxylic acids is 1. The Morgan fingerprint density at radius 1 is 1.00 bits per heavy atom. The van der Waals surface area contributed by atoms with E-state index in [-0.39, 0.29) is 24.5 Å². The molecule has 0 bridgehead atoms. The zero-order chi connectivity index (χ0) is 26.7. The Bertz CT molecular complexity index is 1250. The summed E-state index contributed by atoms with van der Waals surface area (Å²) in [5.74, 6) is -1.70. The highest BCUT2D eigenvalue weighted by molar-refractivity contribution is 6.05. The van der Waals surface area contributed by atoms with E-state index in [0.29, 0.717) is 28.3 Å². The van der Waals surface area contributed by atoms with Gasteiger partial charge < -0.3 is 20.3 Å². The van der Waals surface area contributed by atoms with E-state index < -0.39 is 35.1 Å². The van der Waals surface area contributed by atoms with Crippen molar-refractivity contribution in [2.45, 2.75) is 52.6 Å². The molecule has 1 amide bonds. The third-order valence-electron chi connectivity index (χ3n) is 6.34. The number of amides is 1. The normalized spacial score (nSPS) is 12.9. The highest BCUT2D eigenvalue weighted by Gasteiger charge is 2.36. The average Bonchev–Trinajstić information content (AvgIpc) is 2.84. The van der Waals surface area contributed by atoms with E-state index in [9.17, 15) is 33.0 Å². The fourth-order valence-corrected chi connectivity index (χ4v) is 3.72. The van der Waals surface area contributed by atoms with E-state index in [2.05, 4.69) is 5.32 Å². The Labute approximate surface area is 206 Å². The molecule has 36 heavy (non-hydrogen) atoms. The minimum atomic E-state index is -4.46.